The van der Waals surface area contributed by atoms with Crippen molar-refractivity contribution in [3.05, 3.63) is 41.9 Å². The van der Waals surface area contributed by atoms with Crippen LogP contribution < -0.4 is 4.74 Å². The summed E-state index contributed by atoms with van der Waals surface area (Å²) in [5.41, 5.74) is 0. The van der Waals surface area contributed by atoms with Gasteiger partial charge in [-0.2, -0.15) is 0 Å². The number of hydrogen-bond acceptors (Lipinski definition) is 3. The average molecular weight is 270 g/mol. The molecule has 18 heavy (non-hydrogen) atoms. The Morgan fingerprint density at radius 3 is 2.67 bits per heavy atom. The van der Waals surface area contributed by atoms with E-state index in [4.69, 9.17) is 21.4 Å². The third kappa shape index (κ3) is 4.77. The Hall–Kier alpha value is -1.52. The van der Waals surface area contributed by atoms with Crippen molar-refractivity contribution in [3.63, 3.8) is 0 Å². The lowest BCUT2D eigenvalue weighted by Gasteiger charge is -2.19. The molecule has 0 saturated carbocycles. The molecule has 0 heterocycles. The smallest absolute Gasteiger partial charge is 0.260 e. The van der Waals surface area contributed by atoms with Gasteiger partial charge in [-0.25, -0.2) is 0 Å². The summed E-state index contributed by atoms with van der Waals surface area (Å²) in [4.78, 5) is 13.3. The number of halogens is 1. The van der Waals surface area contributed by atoms with Crippen molar-refractivity contribution in [3.8, 4) is 5.75 Å². The molecule has 0 spiro atoms. The van der Waals surface area contributed by atoms with Gasteiger partial charge in [0.25, 0.3) is 5.91 Å². The molecule has 1 amide bonds. The van der Waals surface area contributed by atoms with E-state index in [0.29, 0.717) is 17.3 Å². The molecule has 0 aliphatic rings. The minimum atomic E-state index is -0.195. The number of ether oxygens (including phenoxy) is 1. The SMILES string of the molecule is C=CCN(CCO)C(=O)COc1ccc(Cl)cc1. The van der Waals surface area contributed by atoms with Crippen molar-refractivity contribution in [2.24, 2.45) is 0 Å². The molecule has 0 aliphatic heterocycles. The van der Waals surface area contributed by atoms with Crippen LogP contribution in [0.15, 0.2) is 36.9 Å². The van der Waals surface area contributed by atoms with Gasteiger partial charge in [0.05, 0.1) is 6.61 Å². The van der Waals surface area contributed by atoms with E-state index in [0.717, 1.165) is 0 Å². The summed E-state index contributed by atoms with van der Waals surface area (Å²) in [6.45, 7) is 4.07. The van der Waals surface area contributed by atoms with E-state index in [2.05, 4.69) is 6.58 Å². The number of benzene rings is 1. The fourth-order valence-corrected chi connectivity index (χ4v) is 1.49. The van der Waals surface area contributed by atoms with Crippen LogP contribution in [0.5, 0.6) is 5.75 Å². The zero-order valence-corrected chi connectivity index (χ0v) is 10.8. The summed E-state index contributed by atoms with van der Waals surface area (Å²) in [6, 6.07) is 6.77. The molecular weight excluding hydrogens is 254 g/mol. The molecule has 5 heteroatoms. The first-order valence-corrected chi connectivity index (χ1v) is 5.93. The summed E-state index contributed by atoms with van der Waals surface area (Å²) in [5, 5.41) is 9.46. The number of amides is 1. The Labute approximate surface area is 111 Å². The highest BCUT2D eigenvalue weighted by Crippen LogP contribution is 2.15. The molecule has 0 unspecified atom stereocenters. The number of rotatable bonds is 7. The van der Waals surface area contributed by atoms with Gasteiger partial charge in [0, 0.05) is 18.1 Å². The molecule has 0 saturated heterocycles. The van der Waals surface area contributed by atoms with E-state index in [1.54, 1.807) is 30.3 Å². The van der Waals surface area contributed by atoms with Crippen molar-refractivity contribution in [1.29, 1.82) is 0 Å². The van der Waals surface area contributed by atoms with Crippen molar-refractivity contribution in [1.82, 2.24) is 4.90 Å². The number of aliphatic hydroxyl groups is 1. The van der Waals surface area contributed by atoms with Crippen LogP contribution >= 0.6 is 11.6 Å². The van der Waals surface area contributed by atoms with Crippen LogP contribution in [-0.4, -0.2) is 42.2 Å². The minimum Gasteiger partial charge on any atom is -0.484 e. The zero-order chi connectivity index (χ0) is 13.4. The highest BCUT2D eigenvalue weighted by atomic mass is 35.5. The van der Waals surface area contributed by atoms with E-state index in [1.165, 1.54) is 4.90 Å². The molecular formula is C13H16ClNO3. The summed E-state index contributed by atoms with van der Waals surface area (Å²) in [7, 11) is 0. The Kier molecular flexibility index (Phi) is 6.25. The highest BCUT2D eigenvalue weighted by molar-refractivity contribution is 6.30. The molecule has 0 aromatic heterocycles. The van der Waals surface area contributed by atoms with Crippen molar-refractivity contribution in [2.75, 3.05) is 26.3 Å². The fraction of sp³-hybridized carbons (Fsp3) is 0.308. The van der Waals surface area contributed by atoms with Crippen LogP contribution in [0.2, 0.25) is 5.02 Å². The Morgan fingerprint density at radius 1 is 1.44 bits per heavy atom. The van der Waals surface area contributed by atoms with Crippen molar-refractivity contribution in [2.45, 2.75) is 0 Å². The molecule has 0 atom stereocenters. The van der Waals surface area contributed by atoms with Crippen molar-refractivity contribution >= 4 is 17.5 Å². The maximum atomic E-state index is 11.8. The number of hydrogen-bond donors (Lipinski definition) is 1. The average Bonchev–Trinajstić information content (AvgIpc) is 2.37. The second-order valence-electron chi connectivity index (χ2n) is 3.59. The third-order valence-corrected chi connectivity index (χ3v) is 2.50. The first-order valence-electron chi connectivity index (χ1n) is 5.55. The lowest BCUT2D eigenvalue weighted by atomic mass is 10.3. The Morgan fingerprint density at radius 2 is 2.11 bits per heavy atom. The lowest BCUT2D eigenvalue weighted by Crippen LogP contribution is -2.37. The first kappa shape index (κ1) is 14.5. The van der Waals surface area contributed by atoms with Crippen LogP contribution in [0.4, 0.5) is 0 Å². The van der Waals surface area contributed by atoms with Gasteiger partial charge in [0.1, 0.15) is 5.75 Å². The second-order valence-corrected chi connectivity index (χ2v) is 4.03. The van der Waals surface area contributed by atoms with Gasteiger partial charge >= 0.3 is 0 Å². The van der Waals surface area contributed by atoms with Gasteiger partial charge in [0.15, 0.2) is 6.61 Å². The van der Waals surface area contributed by atoms with Crippen LogP contribution in [0.25, 0.3) is 0 Å². The highest BCUT2D eigenvalue weighted by Gasteiger charge is 2.11. The third-order valence-electron chi connectivity index (χ3n) is 2.25. The molecule has 0 bridgehead atoms. The predicted molar refractivity (Wildman–Crippen MR) is 70.8 cm³/mol. The van der Waals surface area contributed by atoms with E-state index in [9.17, 15) is 4.79 Å². The fourth-order valence-electron chi connectivity index (χ4n) is 1.36. The number of carbonyl (C=O) groups excluding carboxylic acids is 1. The van der Waals surface area contributed by atoms with Crippen LogP contribution in [-0.2, 0) is 4.79 Å². The number of nitrogens with zero attached hydrogens (tertiary/aromatic N) is 1. The summed E-state index contributed by atoms with van der Waals surface area (Å²) >= 11 is 5.74. The molecule has 1 aromatic rings. The Balaban J connectivity index is 2.47. The maximum absolute atomic E-state index is 11.8. The molecule has 1 rings (SSSR count). The van der Waals surface area contributed by atoms with E-state index in [1.807, 2.05) is 0 Å². The lowest BCUT2D eigenvalue weighted by molar-refractivity contribution is -0.133. The molecule has 0 radical (unpaired) electrons. The number of carbonyl (C=O) groups is 1. The van der Waals surface area contributed by atoms with Gasteiger partial charge in [-0.3, -0.25) is 4.79 Å². The number of aliphatic hydroxyl groups excluding tert-OH is 1. The molecule has 1 aromatic carbocycles. The van der Waals surface area contributed by atoms with Crippen LogP contribution in [0.3, 0.4) is 0 Å². The second kappa shape index (κ2) is 7.74. The summed E-state index contributed by atoms with van der Waals surface area (Å²) in [5.74, 6) is 0.384. The van der Waals surface area contributed by atoms with E-state index in [-0.39, 0.29) is 25.7 Å². The monoisotopic (exact) mass is 269 g/mol. The van der Waals surface area contributed by atoms with Gasteiger partial charge in [-0.1, -0.05) is 17.7 Å². The topological polar surface area (TPSA) is 49.8 Å². The van der Waals surface area contributed by atoms with Crippen LogP contribution in [0, 0.1) is 0 Å². The standard InChI is InChI=1S/C13H16ClNO3/c1-2-7-15(8-9-16)13(17)10-18-12-5-3-11(14)4-6-12/h2-6,16H,1,7-10H2. The predicted octanol–water partition coefficient (Wildman–Crippen LogP) is 1.73. The Bertz CT molecular complexity index is 392. The molecule has 4 nitrogen and oxygen atoms in total. The van der Waals surface area contributed by atoms with E-state index >= 15 is 0 Å². The largest absolute Gasteiger partial charge is 0.484 e. The zero-order valence-electron chi connectivity index (χ0n) is 10.0. The summed E-state index contributed by atoms with van der Waals surface area (Å²) in [6.07, 6.45) is 1.61. The molecule has 0 fully saturated rings. The molecule has 98 valence electrons. The minimum absolute atomic E-state index is 0.0739. The van der Waals surface area contributed by atoms with Gasteiger partial charge in [-0.15, -0.1) is 6.58 Å². The first-order chi connectivity index (χ1) is 8.67. The van der Waals surface area contributed by atoms with Gasteiger partial charge < -0.3 is 14.7 Å². The van der Waals surface area contributed by atoms with Gasteiger partial charge in [0.2, 0.25) is 0 Å². The molecule has 0 aliphatic carbocycles. The molecule has 1 N–H and O–H groups in total. The summed E-state index contributed by atoms with van der Waals surface area (Å²) < 4.78 is 5.33. The van der Waals surface area contributed by atoms with Crippen molar-refractivity contribution < 1.29 is 14.6 Å². The van der Waals surface area contributed by atoms with Gasteiger partial charge in [-0.05, 0) is 24.3 Å². The maximum Gasteiger partial charge on any atom is 0.260 e. The van der Waals surface area contributed by atoms with Crippen LogP contribution in [0.1, 0.15) is 0 Å². The van der Waals surface area contributed by atoms with E-state index < -0.39 is 0 Å². The normalized spacial score (nSPS) is 9.89. The quantitative estimate of drug-likeness (QED) is 0.767.